The number of rotatable bonds is 5. The SMILES string of the molecule is CCCN1C(=O)C(=O)N(C[NH+]2CCN(c3ccc(C(F)(F)F)c[nH+]3)CC2)C1=O. The predicted octanol–water partition coefficient (Wildman–Crippen LogP) is -0.617. The number of aromatic amines is 1. The number of carbonyl (C=O) groups excluding carboxylic acids is 3. The minimum Gasteiger partial charge on any atom is -0.311 e. The summed E-state index contributed by atoms with van der Waals surface area (Å²) in [7, 11) is 0. The average Bonchev–Trinajstić information content (AvgIpc) is 2.86. The largest absolute Gasteiger partial charge is 0.419 e. The number of hydrogen-bond acceptors (Lipinski definition) is 4. The number of pyridine rings is 1. The minimum atomic E-state index is -4.39. The quantitative estimate of drug-likeness (QED) is 0.527. The van der Waals surface area contributed by atoms with E-state index in [9.17, 15) is 27.6 Å². The number of anilines is 1. The highest BCUT2D eigenvalue weighted by molar-refractivity contribution is 6.44. The topological polar surface area (TPSA) is 79.5 Å². The Kier molecular flexibility index (Phi) is 5.54. The van der Waals surface area contributed by atoms with Gasteiger partial charge in [0.25, 0.3) is 5.82 Å². The number of imide groups is 2. The third-order valence-electron chi connectivity index (χ3n) is 4.90. The summed E-state index contributed by atoms with van der Waals surface area (Å²) in [4.78, 5) is 43.7. The van der Waals surface area contributed by atoms with Gasteiger partial charge in [-0.1, -0.05) is 6.92 Å². The number of H-pyrrole nitrogens is 1. The molecule has 2 aliphatic rings. The fraction of sp³-hybridized carbons (Fsp3) is 0.529. The maximum absolute atomic E-state index is 12.6. The van der Waals surface area contributed by atoms with Gasteiger partial charge in [-0.3, -0.25) is 19.4 Å². The van der Waals surface area contributed by atoms with Crippen LogP contribution in [0.1, 0.15) is 18.9 Å². The molecule has 28 heavy (non-hydrogen) atoms. The number of piperazine rings is 1. The third kappa shape index (κ3) is 3.93. The summed E-state index contributed by atoms with van der Waals surface area (Å²) in [6, 6.07) is 1.84. The van der Waals surface area contributed by atoms with Gasteiger partial charge in [0.1, 0.15) is 32.4 Å². The summed E-state index contributed by atoms with van der Waals surface area (Å²) in [6.07, 6.45) is -2.88. The number of aromatic nitrogens is 1. The Morgan fingerprint density at radius 1 is 1.07 bits per heavy atom. The van der Waals surface area contributed by atoms with E-state index in [-0.39, 0.29) is 13.2 Å². The van der Waals surface area contributed by atoms with Gasteiger partial charge < -0.3 is 4.90 Å². The second-order valence-corrected chi connectivity index (χ2v) is 6.83. The fourth-order valence-electron chi connectivity index (χ4n) is 3.35. The number of amides is 4. The molecule has 4 amide bonds. The molecular weight excluding hydrogens is 379 g/mol. The molecule has 11 heteroatoms. The van der Waals surface area contributed by atoms with Crippen LogP contribution in [0, 0.1) is 0 Å². The zero-order valence-electron chi connectivity index (χ0n) is 15.4. The molecule has 3 heterocycles. The number of halogens is 3. The van der Waals surface area contributed by atoms with Crippen LogP contribution in [0.2, 0.25) is 0 Å². The Bertz CT molecular complexity index is 760. The zero-order chi connectivity index (χ0) is 20.5. The normalized spacial score (nSPS) is 19.1. The van der Waals surface area contributed by atoms with Crippen LogP contribution in [0.15, 0.2) is 18.3 Å². The molecule has 0 aliphatic carbocycles. The molecule has 1 aromatic heterocycles. The van der Waals surface area contributed by atoms with Gasteiger partial charge in [-0.05, 0) is 12.5 Å². The fourth-order valence-corrected chi connectivity index (χ4v) is 3.35. The number of urea groups is 1. The first kappa shape index (κ1) is 20.1. The Morgan fingerprint density at radius 3 is 2.25 bits per heavy atom. The molecule has 0 aromatic carbocycles. The van der Waals surface area contributed by atoms with Crippen LogP contribution in [-0.4, -0.2) is 67.0 Å². The number of quaternary nitrogens is 1. The monoisotopic (exact) mass is 401 g/mol. The Hall–Kier alpha value is -2.69. The van der Waals surface area contributed by atoms with Gasteiger partial charge >= 0.3 is 24.0 Å². The maximum Gasteiger partial charge on any atom is 0.419 e. The Balaban J connectivity index is 1.56. The van der Waals surface area contributed by atoms with Crippen molar-refractivity contribution >= 4 is 23.7 Å². The molecule has 1 aromatic rings. The highest BCUT2D eigenvalue weighted by Crippen LogP contribution is 2.28. The lowest BCUT2D eigenvalue weighted by molar-refractivity contribution is -0.908. The molecule has 2 aliphatic heterocycles. The molecule has 0 radical (unpaired) electrons. The van der Waals surface area contributed by atoms with Crippen molar-refractivity contribution in [3.8, 4) is 0 Å². The first-order valence-electron chi connectivity index (χ1n) is 9.07. The molecule has 2 N–H and O–H groups in total. The molecular formula is C17H22F3N5O3+2. The van der Waals surface area contributed by atoms with Gasteiger partial charge in [0.15, 0.2) is 6.67 Å². The summed E-state index contributed by atoms with van der Waals surface area (Å²) < 4.78 is 37.9. The number of carbonyl (C=O) groups is 3. The van der Waals surface area contributed by atoms with E-state index in [2.05, 4.69) is 4.98 Å². The number of hydrogen-bond donors (Lipinski definition) is 1. The molecule has 0 atom stereocenters. The molecule has 3 rings (SSSR count). The van der Waals surface area contributed by atoms with Gasteiger partial charge in [0.2, 0.25) is 0 Å². The van der Waals surface area contributed by atoms with Crippen molar-refractivity contribution in [1.29, 1.82) is 0 Å². The van der Waals surface area contributed by atoms with Crippen molar-refractivity contribution in [3.05, 3.63) is 23.9 Å². The summed E-state index contributed by atoms with van der Waals surface area (Å²) in [5.74, 6) is -1.02. The van der Waals surface area contributed by atoms with Crippen LogP contribution in [0.4, 0.5) is 23.8 Å². The molecule has 152 valence electrons. The van der Waals surface area contributed by atoms with Crippen LogP contribution in [-0.2, 0) is 15.8 Å². The van der Waals surface area contributed by atoms with Gasteiger partial charge in [0, 0.05) is 12.6 Å². The van der Waals surface area contributed by atoms with Crippen molar-refractivity contribution in [2.24, 2.45) is 0 Å². The lowest BCUT2D eigenvalue weighted by atomic mass is 10.2. The second kappa shape index (κ2) is 7.74. The van der Waals surface area contributed by atoms with Crippen molar-refractivity contribution in [1.82, 2.24) is 9.80 Å². The van der Waals surface area contributed by atoms with E-state index in [0.29, 0.717) is 38.4 Å². The first-order valence-corrected chi connectivity index (χ1v) is 9.07. The molecule has 0 saturated carbocycles. The summed E-state index contributed by atoms with van der Waals surface area (Å²) in [5.41, 5.74) is -0.743. The van der Waals surface area contributed by atoms with Crippen LogP contribution < -0.4 is 14.8 Å². The first-order chi connectivity index (χ1) is 13.2. The molecule has 0 bridgehead atoms. The lowest BCUT2D eigenvalue weighted by Gasteiger charge is -2.30. The van der Waals surface area contributed by atoms with Crippen molar-refractivity contribution in [2.45, 2.75) is 19.5 Å². The third-order valence-corrected chi connectivity index (χ3v) is 4.90. The van der Waals surface area contributed by atoms with Gasteiger partial charge in [-0.2, -0.15) is 13.2 Å². The number of nitrogens with zero attached hydrogens (tertiary/aromatic N) is 3. The summed E-state index contributed by atoms with van der Waals surface area (Å²) >= 11 is 0. The highest BCUT2D eigenvalue weighted by Gasteiger charge is 2.46. The summed E-state index contributed by atoms with van der Waals surface area (Å²) in [6.45, 7) is 4.37. The van der Waals surface area contributed by atoms with E-state index in [1.165, 1.54) is 6.07 Å². The minimum absolute atomic E-state index is 0.105. The van der Waals surface area contributed by atoms with E-state index in [0.717, 1.165) is 27.0 Å². The van der Waals surface area contributed by atoms with E-state index in [1.54, 1.807) is 0 Å². The molecule has 8 nitrogen and oxygen atoms in total. The summed E-state index contributed by atoms with van der Waals surface area (Å²) in [5, 5.41) is 0. The van der Waals surface area contributed by atoms with E-state index in [4.69, 9.17) is 0 Å². The Morgan fingerprint density at radius 2 is 1.71 bits per heavy atom. The molecule has 2 saturated heterocycles. The van der Waals surface area contributed by atoms with E-state index in [1.807, 2.05) is 11.8 Å². The van der Waals surface area contributed by atoms with Gasteiger partial charge in [0.05, 0.1) is 5.56 Å². The van der Waals surface area contributed by atoms with Crippen molar-refractivity contribution < 1.29 is 37.4 Å². The van der Waals surface area contributed by atoms with Crippen LogP contribution in [0.5, 0.6) is 0 Å². The average molecular weight is 401 g/mol. The van der Waals surface area contributed by atoms with Crippen molar-refractivity contribution in [2.75, 3.05) is 44.3 Å². The predicted molar refractivity (Wildman–Crippen MR) is 90.0 cm³/mol. The number of nitrogens with one attached hydrogen (secondary N) is 2. The Labute approximate surface area is 159 Å². The smallest absolute Gasteiger partial charge is 0.311 e. The molecule has 2 fully saturated rings. The molecule has 0 spiro atoms. The second-order valence-electron chi connectivity index (χ2n) is 6.83. The van der Waals surface area contributed by atoms with E-state index >= 15 is 0 Å². The lowest BCUT2D eigenvalue weighted by Crippen LogP contribution is -3.16. The van der Waals surface area contributed by atoms with Crippen LogP contribution in [0.25, 0.3) is 0 Å². The van der Waals surface area contributed by atoms with Crippen LogP contribution >= 0.6 is 0 Å². The molecule has 0 unspecified atom stereocenters. The maximum atomic E-state index is 12.6. The van der Waals surface area contributed by atoms with E-state index < -0.39 is 29.6 Å². The van der Waals surface area contributed by atoms with Crippen molar-refractivity contribution in [3.63, 3.8) is 0 Å². The zero-order valence-corrected chi connectivity index (χ0v) is 15.4. The standard InChI is InChI=1S/C17H20F3N5O3/c1-2-5-24-14(26)15(27)25(16(24)28)11-22-6-8-23(9-7-22)13-4-3-12(10-21-13)17(18,19)20/h3-4,10H,2,5-9,11H2,1H3/p+2. The number of alkyl halides is 3. The highest BCUT2D eigenvalue weighted by atomic mass is 19.4. The van der Waals surface area contributed by atoms with Gasteiger partial charge in [-0.15, -0.1) is 0 Å². The van der Waals surface area contributed by atoms with Gasteiger partial charge in [-0.25, -0.2) is 14.7 Å². The van der Waals surface area contributed by atoms with Crippen LogP contribution in [0.3, 0.4) is 0 Å².